The molecule has 0 bridgehead atoms. The molecule has 0 saturated carbocycles. The first-order valence-electron chi connectivity index (χ1n) is 36.4. The second-order valence-corrected chi connectivity index (χ2v) is 24.5. The summed E-state index contributed by atoms with van der Waals surface area (Å²) in [6.45, 7) is 57.8. The van der Waals surface area contributed by atoms with Crippen LogP contribution in [0.4, 0.5) is 0 Å². The van der Waals surface area contributed by atoms with E-state index in [1.54, 1.807) is 0 Å². The molecule has 0 aliphatic heterocycles. The van der Waals surface area contributed by atoms with E-state index in [0.717, 1.165) is 23.7 Å². The molecule has 0 fully saturated rings. The largest absolute Gasteiger partial charge is 0.0656 e. The van der Waals surface area contributed by atoms with Crippen LogP contribution in [0.3, 0.4) is 0 Å². The highest BCUT2D eigenvalue weighted by Gasteiger charge is 1.95. The van der Waals surface area contributed by atoms with Crippen LogP contribution < -0.4 is 0 Å². The second-order valence-electron chi connectivity index (χ2n) is 24.5. The van der Waals surface area contributed by atoms with Crippen LogP contribution in [0, 0.1) is 23.7 Å². The predicted octanol–water partition coefficient (Wildman–Crippen LogP) is 31.8. The van der Waals surface area contributed by atoms with Gasteiger partial charge >= 0.3 is 0 Å². The van der Waals surface area contributed by atoms with Crippen molar-refractivity contribution in [3.8, 4) is 0 Å². The van der Waals surface area contributed by atoms with Crippen LogP contribution in [0.5, 0.6) is 0 Å². The lowest BCUT2D eigenvalue weighted by atomic mass is 10.0. The van der Waals surface area contributed by atoms with Crippen molar-refractivity contribution in [1.29, 1.82) is 0 Å². The molecule has 0 heteroatoms. The zero-order valence-corrected chi connectivity index (χ0v) is 60.8. The summed E-state index contributed by atoms with van der Waals surface area (Å²) in [5.41, 5.74) is 0. The van der Waals surface area contributed by atoms with Gasteiger partial charge in [0.1, 0.15) is 0 Å². The van der Waals surface area contributed by atoms with Crippen molar-refractivity contribution < 1.29 is 0 Å². The highest BCUT2D eigenvalue weighted by Crippen LogP contribution is 2.14. The molecule has 0 aromatic rings. The van der Waals surface area contributed by atoms with E-state index >= 15 is 0 Å². The molecular formula is C76H174. The lowest BCUT2D eigenvalue weighted by molar-refractivity contribution is 0.529. The second kappa shape index (κ2) is 122. The lowest BCUT2D eigenvalue weighted by Crippen LogP contribution is -1.83. The SMILES string of the molecule is CC(C)C.CCC.CCC(C)C.CCCC.CCCC(C)C.CCCCC.CCCCC(C)C.CCCCCC.CCCCCCC.CCCCCCCCCC.CCCCCCCCCCCCCCCCCCC. The van der Waals surface area contributed by atoms with Crippen LogP contribution in [0.25, 0.3) is 0 Å². The van der Waals surface area contributed by atoms with Gasteiger partial charge in [-0.1, -0.05) is 475 Å². The standard InChI is InChI=1S/C19H40.C10H22.2C7H16.2C6H14.2C5H12.2C4H10.C3H8/c1-3-5-7-9-11-13-15-17-19-18-16-14-12-10-8-6-4-2;1-3-5-7-9-10-8-6-4-2;1-4-5-6-7(2)3;1-3-5-7-6-4-2;1-4-5-6(2)3;1-3-5-6-4-2;1-4-5(2)3;1-3-5-4-2;1-4(2)3;1-3-4-2;1-3-2/h3-19H2,1-2H3;3-10H2,1-2H3;7H,4-6H2,1-3H3;3-7H2,1-2H3;6H,4-5H2,1-3H3;3-6H2,1-2H3;5H,4H2,1-3H3;3-5H2,1-2H3;4H,1-3H3;3-4H2,1-2H3;3H2,1-2H3. The van der Waals surface area contributed by atoms with E-state index in [-0.39, 0.29) is 0 Å². The number of unbranched alkanes of at least 4 members (excludes halogenated alkanes) is 34. The summed E-state index contributed by atoms with van der Waals surface area (Å²) >= 11 is 0. The van der Waals surface area contributed by atoms with Crippen molar-refractivity contribution >= 4 is 0 Å². The normalized spacial score (nSPS) is 9.71. The van der Waals surface area contributed by atoms with Crippen LogP contribution in [0.2, 0.25) is 0 Å². The third kappa shape index (κ3) is 224. The average molecular weight is 1090 g/mol. The molecule has 0 saturated heterocycles. The van der Waals surface area contributed by atoms with Gasteiger partial charge in [-0.05, 0) is 23.7 Å². The van der Waals surface area contributed by atoms with E-state index in [9.17, 15) is 0 Å². The molecule has 0 spiro atoms. The van der Waals surface area contributed by atoms with E-state index in [0.29, 0.717) is 0 Å². The molecular weight excluding hydrogens is 913 g/mol. The summed E-state index contributed by atoms with van der Waals surface area (Å²) in [6.07, 6.45) is 65.0. The molecule has 0 aliphatic carbocycles. The van der Waals surface area contributed by atoms with Gasteiger partial charge in [-0.2, -0.15) is 0 Å². The van der Waals surface area contributed by atoms with E-state index in [4.69, 9.17) is 0 Å². The molecule has 0 nitrogen and oxygen atoms in total. The van der Waals surface area contributed by atoms with E-state index in [2.05, 4.69) is 180 Å². The van der Waals surface area contributed by atoms with Crippen molar-refractivity contribution in [2.45, 2.75) is 475 Å². The first kappa shape index (κ1) is 101. The zero-order valence-electron chi connectivity index (χ0n) is 60.8. The minimum Gasteiger partial charge on any atom is -0.0656 e. The highest BCUT2D eigenvalue weighted by atomic mass is 14.0. The summed E-state index contributed by atoms with van der Waals surface area (Å²) in [5, 5.41) is 0. The fraction of sp³-hybridized carbons (Fsp3) is 1.00. The zero-order chi connectivity index (χ0) is 60.8. The minimum atomic E-state index is 0.833. The van der Waals surface area contributed by atoms with Crippen LogP contribution >= 0.6 is 0 Å². The van der Waals surface area contributed by atoms with Crippen molar-refractivity contribution in [2.75, 3.05) is 0 Å². The molecule has 0 rings (SSSR count). The van der Waals surface area contributed by atoms with Crippen LogP contribution in [0.15, 0.2) is 0 Å². The topological polar surface area (TPSA) is 0 Å². The molecule has 0 heterocycles. The summed E-state index contributed by atoms with van der Waals surface area (Å²) in [4.78, 5) is 0. The van der Waals surface area contributed by atoms with Gasteiger partial charge in [0.2, 0.25) is 0 Å². The third-order valence-electron chi connectivity index (χ3n) is 12.4. The number of hydrogen-bond acceptors (Lipinski definition) is 0. The molecule has 0 unspecified atom stereocenters. The van der Waals surface area contributed by atoms with Gasteiger partial charge in [-0.15, -0.1) is 0 Å². The highest BCUT2D eigenvalue weighted by molar-refractivity contribution is 4.50. The monoisotopic (exact) mass is 1090 g/mol. The fourth-order valence-corrected chi connectivity index (χ4v) is 6.73. The number of rotatable bonds is 39. The van der Waals surface area contributed by atoms with Gasteiger partial charge in [0.25, 0.3) is 0 Å². The average Bonchev–Trinajstić information content (AvgIpc) is 3.39. The maximum absolute atomic E-state index is 2.30. The molecule has 0 aromatic heterocycles. The first-order chi connectivity index (χ1) is 36.4. The Morgan fingerprint density at radius 2 is 0.303 bits per heavy atom. The molecule has 76 heavy (non-hydrogen) atoms. The molecule has 0 atom stereocenters. The lowest BCUT2D eigenvalue weighted by Gasteiger charge is -2.03. The third-order valence-corrected chi connectivity index (χ3v) is 12.4. The van der Waals surface area contributed by atoms with E-state index in [1.165, 1.54) is 295 Å². The van der Waals surface area contributed by atoms with Gasteiger partial charge in [-0.25, -0.2) is 0 Å². The summed E-state index contributed by atoms with van der Waals surface area (Å²) in [7, 11) is 0. The van der Waals surface area contributed by atoms with Gasteiger partial charge in [0, 0.05) is 0 Å². The van der Waals surface area contributed by atoms with Gasteiger partial charge in [0.15, 0.2) is 0 Å². The minimum absolute atomic E-state index is 0.833. The molecule has 0 N–H and O–H groups in total. The Bertz CT molecular complexity index is 633. The quantitative estimate of drug-likeness (QED) is 0.0538. The Hall–Kier alpha value is 0. The van der Waals surface area contributed by atoms with Crippen molar-refractivity contribution in [2.24, 2.45) is 23.7 Å². The Kier molecular flexibility index (Phi) is 163. The van der Waals surface area contributed by atoms with Crippen LogP contribution in [-0.4, -0.2) is 0 Å². The Balaban J connectivity index is -0.0000000717. The van der Waals surface area contributed by atoms with Crippen molar-refractivity contribution in [3.63, 3.8) is 0 Å². The van der Waals surface area contributed by atoms with Gasteiger partial charge < -0.3 is 0 Å². The van der Waals surface area contributed by atoms with Gasteiger partial charge in [0.05, 0.1) is 0 Å². The number of hydrogen-bond donors (Lipinski definition) is 0. The van der Waals surface area contributed by atoms with Crippen LogP contribution in [0.1, 0.15) is 475 Å². The fourth-order valence-electron chi connectivity index (χ4n) is 6.73. The van der Waals surface area contributed by atoms with Crippen LogP contribution in [-0.2, 0) is 0 Å². The molecule has 0 radical (unpaired) electrons. The summed E-state index contributed by atoms with van der Waals surface area (Å²) in [5.74, 6) is 3.52. The van der Waals surface area contributed by atoms with Crippen molar-refractivity contribution in [1.82, 2.24) is 0 Å². The first-order valence-corrected chi connectivity index (χ1v) is 36.4. The maximum Gasteiger partial charge on any atom is -0.0471 e. The summed E-state index contributed by atoms with van der Waals surface area (Å²) < 4.78 is 0. The summed E-state index contributed by atoms with van der Waals surface area (Å²) in [6, 6.07) is 0. The molecule has 0 amide bonds. The molecule has 0 aliphatic rings. The Morgan fingerprint density at radius 1 is 0.158 bits per heavy atom. The smallest absolute Gasteiger partial charge is 0.0471 e. The maximum atomic E-state index is 2.30. The predicted molar refractivity (Wildman–Crippen MR) is 374 cm³/mol. The Morgan fingerprint density at radius 3 is 0.382 bits per heavy atom. The molecule has 478 valence electrons. The Labute approximate surface area is 496 Å². The van der Waals surface area contributed by atoms with E-state index in [1.807, 2.05) is 0 Å². The van der Waals surface area contributed by atoms with Gasteiger partial charge in [-0.3, -0.25) is 0 Å². The molecule has 0 aromatic carbocycles. The van der Waals surface area contributed by atoms with Crippen molar-refractivity contribution in [3.05, 3.63) is 0 Å². The van der Waals surface area contributed by atoms with E-state index < -0.39 is 0 Å².